The number of nitrogen functional groups attached to an aromatic ring is 1. The van der Waals surface area contributed by atoms with E-state index >= 15 is 0 Å². The van der Waals surface area contributed by atoms with Crippen molar-refractivity contribution in [3.05, 3.63) is 33.8 Å². The van der Waals surface area contributed by atoms with Gasteiger partial charge in [-0.05, 0) is 53.9 Å². The number of sulfonamides is 1. The lowest BCUT2D eigenvalue weighted by atomic mass is 10.2. The SMILES string of the molecule is CC1=CCCN(S(=O)(=O)c2cc(N)c(Br)cc2C)C1. The average Bonchev–Trinajstić information content (AvgIpc) is 2.33. The summed E-state index contributed by atoms with van der Waals surface area (Å²) in [7, 11) is -3.47. The van der Waals surface area contributed by atoms with Crippen molar-refractivity contribution in [3.63, 3.8) is 0 Å². The molecule has 0 bridgehead atoms. The van der Waals surface area contributed by atoms with Gasteiger partial charge in [0.15, 0.2) is 0 Å². The van der Waals surface area contributed by atoms with Crippen LogP contribution in [0.1, 0.15) is 18.9 Å². The number of benzene rings is 1. The van der Waals surface area contributed by atoms with Crippen LogP contribution in [0.15, 0.2) is 33.2 Å². The Morgan fingerprint density at radius 1 is 1.32 bits per heavy atom. The van der Waals surface area contributed by atoms with Crippen molar-refractivity contribution >= 4 is 31.6 Å². The molecule has 0 unspecified atom stereocenters. The van der Waals surface area contributed by atoms with E-state index in [2.05, 4.69) is 22.0 Å². The van der Waals surface area contributed by atoms with Crippen molar-refractivity contribution in [2.45, 2.75) is 25.2 Å². The maximum Gasteiger partial charge on any atom is 0.243 e. The minimum atomic E-state index is -3.47. The third-order valence-corrected chi connectivity index (χ3v) is 5.88. The second-order valence-corrected chi connectivity index (χ2v) is 7.58. The van der Waals surface area contributed by atoms with Crippen molar-refractivity contribution in [1.29, 1.82) is 0 Å². The van der Waals surface area contributed by atoms with Crippen molar-refractivity contribution < 1.29 is 8.42 Å². The molecule has 0 saturated heterocycles. The molecule has 19 heavy (non-hydrogen) atoms. The van der Waals surface area contributed by atoms with E-state index < -0.39 is 10.0 Å². The molecule has 0 aromatic heterocycles. The van der Waals surface area contributed by atoms with Gasteiger partial charge in [0, 0.05) is 23.2 Å². The van der Waals surface area contributed by atoms with Gasteiger partial charge in [-0.15, -0.1) is 0 Å². The maximum absolute atomic E-state index is 12.6. The molecule has 6 heteroatoms. The standard InChI is InChI=1S/C13H17BrN2O2S/c1-9-4-3-5-16(8-9)19(17,18)13-7-12(15)11(14)6-10(13)2/h4,6-7H,3,5,8,15H2,1-2H3. The highest BCUT2D eigenvalue weighted by Crippen LogP contribution is 2.29. The Labute approximate surface area is 122 Å². The van der Waals surface area contributed by atoms with Gasteiger partial charge in [-0.3, -0.25) is 0 Å². The van der Waals surface area contributed by atoms with Crippen LogP contribution in [0.5, 0.6) is 0 Å². The molecule has 0 radical (unpaired) electrons. The molecule has 0 fully saturated rings. The molecule has 0 aliphatic carbocycles. The number of halogens is 1. The first kappa shape index (κ1) is 14.6. The molecule has 2 N–H and O–H groups in total. The molecule has 0 atom stereocenters. The van der Waals surface area contributed by atoms with Gasteiger partial charge in [0.25, 0.3) is 0 Å². The van der Waals surface area contributed by atoms with Crippen LogP contribution in [-0.4, -0.2) is 25.8 Å². The van der Waals surface area contributed by atoms with E-state index in [0.29, 0.717) is 29.2 Å². The first-order valence-electron chi connectivity index (χ1n) is 6.04. The van der Waals surface area contributed by atoms with Gasteiger partial charge in [-0.1, -0.05) is 11.6 Å². The number of rotatable bonds is 2. The van der Waals surface area contributed by atoms with Gasteiger partial charge in [0.05, 0.1) is 4.90 Å². The molecule has 1 aliphatic heterocycles. The second-order valence-electron chi connectivity index (χ2n) is 4.82. The van der Waals surface area contributed by atoms with Crippen LogP contribution in [0, 0.1) is 6.92 Å². The normalized spacial score (nSPS) is 17.3. The Balaban J connectivity index is 2.45. The molecule has 0 spiro atoms. The maximum atomic E-state index is 12.6. The highest BCUT2D eigenvalue weighted by atomic mass is 79.9. The van der Waals surface area contributed by atoms with E-state index in [1.54, 1.807) is 13.0 Å². The van der Waals surface area contributed by atoms with Crippen LogP contribution in [0.3, 0.4) is 0 Å². The predicted molar refractivity (Wildman–Crippen MR) is 80.4 cm³/mol. The highest BCUT2D eigenvalue weighted by molar-refractivity contribution is 9.10. The summed E-state index contributed by atoms with van der Waals surface area (Å²) in [4.78, 5) is 0.294. The third kappa shape index (κ3) is 2.85. The Morgan fingerprint density at radius 2 is 2.00 bits per heavy atom. The summed E-state index contributed by atoms with van der Waals surface area (Å²) in [6.07, 6.45) is 2.84. The summed E-state index contributed by atoms with van der Waals surface area (Å²) >= 11 is 3.31. The quantitative estimate of drug-likeness (QED) is 0.662. The Bertz CT molecular complexity index is 638. The lowest BCUT2D eigenvalue weighted by Crippen LogP contribution is -2.35. The molecule has 2 rings (SSSR count). The summed E-state index contributed by atoms with van der Waals surface area (Å²) in [6.45, 7) is 4.71. The predicted octanol–water partition coefficient (Wildman–Crippen LogP) is 2.68. The highest BCUT2D eigenvalue weighted by Gasteiger charge is 2.27. The molecular formula is C13H17BrN2O2S. The van der Waals surface area contributed by atoms with Crippen LogP contribution in [0.2, 0.25) is 0 Å². The number of anilines is 1. The molecule has 1 aliphatic rings. The topological polar surface area (TPSA) is 63.4 Å². The fraction of sp³-hybridized carbons (Fsp3) is 0.385. The smallest absolute Gasteiger partial charge is 0.243 e. The first-order valence-corrected chi connectivity index (χ1v) is 8.27. The van der Waals surface area contributed by atoms with Crippen LogP contribution in [0.4, 0.5) is 5.69 Å². The van der Waals surface area contributed by atoms with Crippen LogP contribution in [0.25, 0.3) is 0 Å². The summed E-state index contributed by atoms with van der Waals surface area (Å²) in [5.74, 6) is 0. The number of nitrogens with two attached hydrogens (primary N) is 1. The molecule has 0 amide bonds. The number of nitrogens with zero attached hydrogens (tertiary/aromatic N) is 1. The number of aryl methyl sites for hydroxylation is 1. The molecule has 1 aromatic rings. The number of hydrogen-bond acceptors (Lipinski definition) is 3. The van der Waals surface area contributed by atoms with E-state index in [0.717, 1.165) is 16.5 Å². The van der Waals surface area contributed by atoms with Gasteiger partial charge in [-0.25, -0.2) is 8.42 Å². The zero-order chi connectivity index (χ0) is 14.2. The van der Waals surface area contributed by atoms with Gasteiger partial charge >= 0.3 is 0 Å². The summed E-state index contributed by atoms with van der Waals surface area (Å²) in [5.41, 5.74) is 8.02. The van der Waals surface area contributed by atoms with Gasteiger partial charge in [-0.2, -0.15) is 4.31 Å². The molecule has 1 aromatic carbocycles. The van der Waals surface area contributed by atoms with Gasteiger partial charge < -0.3 is 5.73 Å². The lowest BCUT2D eigenvalue weighted by Gasteiger charge is -2.26. The van der Waals surface area contributed by atoms with Crippen molar-refractivity contribution in [2.75, 3.05) is 18.8 Å². The first-order chi connectivity index (χ1) is 8.82. The minimum Gasteiger partial charge on any atom is -0.398 e. The Morgan fingerprint density at radius 3 is 2.63 bits per heavy atom. The van der Waals surface area contributed by atoms with Gasteiger partial charge in [0.1, 0.15) is 0 Å². The van der Waals surface area contributed by atoms with E-state index in [1.807, 2.05) is 6.92 Å². The van der Waals surface area contributed by atoms with Crippen LogP contribution < -0.4 is 5.73 Å². The summed E-state index contributed by atoms with van der Waals surface area (Å²) < 4.78 is 27.5. The van der Waals surface area contributed by atoms with Crippen LogP contribution >= 0.6 is 15.9 Å². The lowest BCUT2D eigenvalue weighted by molar-refractivity contribution is 0.427. The van der Waals surface area contributed by atoms with E-state index in [9.17, 15) is 8.42 Å². The third-order valence-electron chi connectivity index (χ3n) is 3.21. The fourth-order valence-corrected chi connectivity index (χ4v) is 4.36. The van der Waals surface area contributed by atoms with Crippen molar-refractivity contribution in [1.82, 2.24) is 4.31 Å². The van der Waals surface area contributed by atoms with E-state index in [4.69, 9.17) is 5.73 Å². The molecule has 104 valence electrons. The Hall–Kier alpha value is -0.850. The molecular weight excluding hydrogens is 328 g/mol. The van der Waals surface area contributed by atoms with E-state index in [1.165, 1.54) is 10.4 Å². The van der Waals surface area contributed by atoms with E-state index in [-0.39, 0.29) is 0 Å². The zero-order valence-electron chi connectivity index (χ0n) is 11.0. The van der Waals surface area contributed by atoms with Crippen LogP contribution in [-0.2, 0) is 10.0 Å². The van der Waals surface area contributed by atoms with Crippen molar-refractivity contribution in [2.24, 2.45) is 0 Å². The molecule has 1 heterocycles. The zero-order valence-corrected chi connectivity index (χ0v) is 13.4. The summed E-state index contributed by atoms with van der Waals surface area (Å²) in [5, 5.41) is 0. The number of hydrogen-bond donors (Lipinski definition) is 1. The second kappa shape index (κ2) is 5.26. The summed E-state index contributed by atoms with van der Waals surface area (Å²) in [6, 6.07) is 3.28. The average molecular weight is 345 g/mol. The Kier molecular flexibility index (Phi) is 4.03. The minimum absolute atomic E-state index is 0.294. The molecule has 0 saturated carbocycles. The van der Waals surface area contributed by atoms with Gasteiger partial charge in [0.2, 0.25) is 10.0 Å². The monoisotopic (exact) mass is 344 g/mol. The largest absolute Gasteiger partial charge is 0.398 e. The van der Waals surface area contributed by atoms with Crippen molar-refractivity contribution in [3.8, 4) is 0 Å². The molecule has 4 nitrogen and oxygen atoms in total. The fourth-order valence-electron chi connectivity index (χ4n) is 2.17.